The molecule has 2 N–H and O–H groups in total. The summed E-state index contributed by atoms with van der Waals surface area (Å²) in [7, 11) is 3.46. The summed E-state index contributed by atoms with van der Waals surface area (Å²) in [6, 6.07) is 1.59. The first-order valence-corrected chi connectivity index (χ1v) is 10.5. The van der Waals surface area contributed by atoms with Crippen molar-refractivity contribution >= 4 is 22.6 Å². The van der Waals surface area contributed by atoms with Crippen LogP contribution < -0.4 is 15.6 Å². The molecule has 0 radical (unpaired) electrons. The molecular weight excluding hydrogens is 389 g/mol. The van der Waals surface area contributed by atoms with Gasteiger partial charge in [-0.25, -0.2) is 9.18 Å². The number of nitrogens with one attached hydrogen (secondary N) is 1. The van der Waals surface area contributed by atoms with Gasteiger partial charge in [0.2, 0.25) is 5.43 Å². The molecule has 30 heavy (non-hydrogen) atoms. The quantitative estimate of drug-likeness (QED) is 0.752. The number of ether oxygens (including phenoxy) is 1. The predicted octanol–water partition coefficient (Wildman–Crippen LogP) is 2.90. The highest BCUT2D eigenvalue weighted by Crippen LogP contribution is 2.40. The molecule has 1 aromatic heterocycles. The lowest BCUT2D eigenvalue weighted by molar-refractivity contribution is 0.0695. The van der Waals surface area contributed by atoms with Crippen molar-refractivity contribution in [2.75, 3.05) is 32.1 Å². The summed E-state index contributed by atoms with van der Waals surface area (Å²) in [6.07, 6.45) is 6.27. The molecule has 4 rings (SSSR count). The third kappa shape index (κ3) is 3.70. The number of fused-ring (bicyclic) bond motifs is 1. The second-order valence-corrected chi connectivity index (χ2v) is 8.26. The summed E-state index contributed by atoms with van der Waals surface area (Å²) < 4.78 is 22.8. The molecule has 0 spiro atoms. The molecule has 1 aliphatic heterocycles. The third-order valence-corrected chi connectivity index (χ3v) is 6.19. The Bertz CT molecular complexity index is 1030. The first kappa shape index (κ1) is 20.8. The van der Waals surface area contributed by atoms with E-state index in [0.717, 1.165) is 38.6 Å². The molecule has 0 bridgehead atoms. The highest BCUT2D eigenvalue weighted by atomic mass is 19.1. The number of rotatable bonds is 6. The fraction of sp³-hybridized carbons (Fsp3) is 0.545. The number of aromatic nitrogens is 1. The highest BCUT2D eigenvalue weighted by molar-refractivity contribution is 5.95. The Morgan fingerprint density at radius 1 is 1.33 bits per heavy atom. The van der Waals surface area contributed by atoms with Gasteiger partial charge in [0.15, 0.2) is 0 Å². The van der Waals surface area contributed by atoms with Crippen LogP contribution >= 0.6 is 0 Å². The molecule has 2 aliphatic rings. The summed E-state index contributed by atoms with van der Waals surface area (Å²) in [4.78, 5) is 26.6. The number of pyridine rings is 1. The fourth-order valence-electron chi connectivity index (χ4n) is 4.55. The molecule has 1 unspecified atom stereocenters. The second kappa shape index (κ2) is 8.35. The van der Waals surface area contributed by atoms with Crippen molar-refractivity contribution in [3.8, 4) is 0 Å². The Balaban J connectivity index is 2.00. The minimum absolute atomic E-state index is 0.107. The van der Waals surface area contributed by atoms with Crippen LogP contribution in [-0.2, 0) is 11.3 Å². The molecular formula is C22H28FN3O4. The van der Waals surface area contributed by atoms with Crippen LogP contribution in [-0.4, -0.2) is 48.9 Å². The zero-order valence-electron chi connectivity index (χ0n) is 17.4. The van der Waals surface area contributed by atoms with Gasteiger partial charge in [0, 0.05) is 49.4 Å². The number of anilines is 1. The largest absolute Gasteiger partial charge is 0.477 e. The van der Waals surface area contributed by atoms with E-state index in [4.69, 9.17) is 4.74 Å². The molecule has 1 atom stereocenters. The van der Waals surface area contributed by atoms with Crippen molar-refractivity contribution in [3.63, 3.8) is 0 Å². The van der Waals surface area contributed by atoms with Gasteiger partial charge in [-0.2, -0.15) is 0 Å². The van der Waals surface area contributed by atoms with Gasteiger partial charge in [-0.3, -0.25) is 4.79 Å². The van der Waals surface area contributed by atoms with E-state index in [1.165, 1.54) is 12.3 Å². The number of halogens is 1. The average molecular weight is 417 g/mol. The Morgan fingerprint density at radius 3 is 2.73 bits per heavy atom. The average Bonchev–Trinajstić information content (AvgIpc) is 3.56. The van der Waals surface area contributed by atoms with Crippen molar-refractivity contribution in [3.05, 3.63) is 39.4 Å². The van der Waals surface area contributed by atoms with Gasteiger partial charge in [-0.1, -0.05) is 6.42 Å². The van der Waals surface area contributed by atoms with Crippen molar-refractivity contribution in [1.82, 2.24) is 9.88 Å². The zero-order valence-corrected chi connectivity index (χ0v) is 17.4. The van der Waals surface area contributed by atoms with E-state index in [0.29, 0.717) is 23.3 Å². The zero-order chi connectivity index (χ0) is 21.4. The molecule has 1 aromatic carbocycles. The van der Waals surface area contributed by atoms with Crippen LogP contribution in [0.1, 0.15) is 54.1 Å². The second-order valence-electron chi connectivity index (χ2n) is 8.26. The van der Waals surface area contributed by atoms with E-state index >= 15 is 4.39 Å². The maximum absolute atomic E-state index is 15.5. The third-order valence-electron chi connectivity index (χ3n) is 6.19. The summed E-state index contributed by atoms with van der Waals surface area (Å²) in [5, 5.41) is 12.9. The summed E-state index contributed by atoms with van der Waals surface area (Å²) in [5.41, 5.74) is 0.695. The van der Waals surface area contributed by atoms with E-state index in [-0.39, 0.29) is 29.6 Å². The van der Waals surface area contributed by atoms with Gasteiger partial charge in [0.25, 0.3) is 0 Å². The molecule has 1 aliphatic carbocycles. The van der Waals surface area contributed by atoms with Gasteiger partial charge in [-0.05, 0) is 38.8 Å². The van der Waals surface area contributed by atoms with Gasteiger partial charge in [0.1, 0.15) is 11.4 Å². The number of carboxylic acid groups (broad SMARTS) is 1. The molecule has 2 heterocycles. The first-order valence-electron chi connectivity index (χ1n) is 10.5. The molecule has 7 nitrogen and oxygen atoms in total. The molecule has 2 fully saturated rings. The number of benzene rings is 1. The number of nitrogens with zero attached hydrogens (tertiary/aromatic N) is 2. The number of hydrogen-bond donors (Lipinski definition) is 2. The Labute approximate surface area is 174 Å². The van der Waals surface area contributed by atoms with E-state index in [9.17, 15) is 14.7 Å². The summed E-state index contributed by atoms with van der Waals surface area (Å²) in [5.74, 6) is -1.80. The number of likely N-dealkylation sites (N-methyl/N-ethyl adjacent to an activating group) is 1. The monoisotopic (exact) mass is 417 g/mol. The summed E-state index contributed by atoms with van der Waals surface area (Å²) in [6.45, 7) is 1.53. The Hall–Kier alpha value is -2.45. The number of carboxylic acids is 1. The van der Waals surface area contributed by atoms with Gasteiger partial charge in [-0.15, -0.1) is 0 Å². The molecule has 1 saturated carbocycles. The SMILES string of the molecule is CNC1CCCCN(c2c(F)cc3c(=O)c(C(=O)O)cn(C4CC4)c3c2COC)C1. The normalized spacial score (nSPS) is 19.8. The molecule has 1 saturated heterocycles. The van der Waals surface area contributed by atoms with Crippen LogP contribution in [0.4, 0.5) is 10.1 Å². The van der Waals surface area contributed by atoms with Crippen LogP contribution in [0.15, 0.2) is 17.1 Å². The Morgan fingerprint density at radius 2 is 2.10 bits per heavy atom. The van der Waals surface area contributed by atoms with Gasteiger partial charge >= 0.3 is 5.97 Å². The number of hydrogen-bond acceptors (Lipinski definition) is 5. The number of aromatic carboxylic acids is 1. The van der Waals surface area contributed by atoms with Crippen LogP contribution in [0.3, 0.4) is 0 Å². The lowest BCUT2D eigenvalue weighted by Crippen LogP contribution is -2.39. The van der Waals surface area contributed by atoms with Crippen LogP contribution in [0.2, 0.25) is 0 Å². The minimum atomic E-state index is -1.29. The van der Waals surface area contributed by atoms with Crippen LogP contribution in [0.5, 0.6) is 0 Å². The smallest absolute Gasteiger partial charge is 0.341 e. The lowest BCUT2D eigenvalue weighted by Gasteiger charge is -2.30. The highest BCUT2D eigenvalue weighted by Gasteiger charge is 2.31. The van der Waals surface area contributed by atoms with Crippen LogP contribution in [0.25, 0.3) is 10.9 Å². The fourth-order valence-corrected chi connectivity index (χ4v) is 4.55. The molecule has 8 heteroatoms. The molecule has 0 amide bonds. The maximum atomic E-state index is 15.5. The van der Waals surface area contributed by atoms with E-state index < -0.39 is 17.2 Å². The summed E-state index contributed by atoms with van der Waals surface area (Å²) >= 11 is 0. The minimum Gasteiger partial charge on any atom is -0.477 e. The Kier molecular flexibility index (Phi) is 5.79. The van der Waals surface area contributed by atoms with Crippen LogP contribution in [0, 0.1) is 5.82 Å². The first-order chi connectivity index (χ1) is 14.5. The van der Waals surface area contributed by atoms with Gasteiger partial charge in [0.05, 0.1) is 17.8 Å². The number of carbonyl (C=O) groups is 1. The number of methoxy groups -OCH3 is 1. The van der Waals surface area contributed by atoms with Crippen molar-refractivity contribution in [2.24, 2.45) is 0 Å². The van der Waals surface area contributed by atoms with Crippen molar-refractivity contribution < 1.29 is 19.0 Å². The van der Waals surface area contributed by atoms with E-state index in [1.807, 2.05) is 16.5 Å². The van der Waals surface area contributed by atoms with Gasteiger partial charge < -0.3 is 24.6 Å². The maximum Gasteiger partial charge on any atom is 0.341 e. The molecule has 2 aromatic rings. The van der Waals surface area contributed by atoms with Crippen molar-refractivity contribution in [1.29, 1.82) is 0 Å². The van der Waals surface area contributed by atoms with E-state index in [1.54, 1.807) is 7.11 Å². The predicted molar refractivity (Wildman–Crippen MR) is 113 cm³/mol. The lowest BCUT2D eigenvalue weighted by atomic mass is 10.0. The van der Waals surface area contributed by atoms with E-state index in [2.05, 4.69) is 5.32 Å². The van der Waals surface area contributed by atoms with Crippen molar-refractivity contribution in [2.45, 2.75) is 50.8 Å². The standard InChI is InChI=1S/C22H28FN3O4/c1-24-13-5-3-4-8-25(10-13)20-17(12-30-2)19-15(9-18(20)23)21(27)16(22(28)29)11-26(19)14-6-7-14/h9,11,13-14,24H,3-8,10,12H2,1-2H3,(H,28,29). The molecule has 162 valence electrons. The topological polar surface area (TPSA) is 83.8 Å².